The van der Waals surface area contributed by atoms with Crippen LogP contribution >= 0.6 is 23.1 Å². The van der Waals surface area contributed by atoms with Crippen LogP contribution < -0.4 is 0 Å². The Hall–Kier alpha value is -1.41. The van der Waals surface area contributed by atoms with Crippen molar-refractivity contribution in [1.29, 1.82) is 0 Å². The standard InChI is InChI=1S/C10H12N4O2S2/c1-2-3-14-9(7-4-11-6-18-7)12-13-10(14)17-5-8(15)16/h4,6H,2-3,5H2,1H3,(H,15,16). The van der Waals surface area contributed by atoms with E-state index in [0.29, 0.717) is 5.16 Å². The predicted octanol–water partition coefficient (Wildman–Crippen LogP) is 1.99. The van der Waals surface area contributed by atoms with Gasteiger partial charge in [0.1, 0.15) is 0 Å². The van der Waals surface area contributed by atoms with Gasteiger partial charge in [0.05, 0.1) is 16.1 Å². The number of hydrogen-bond donors (Lipinski definition) is 1. The van der Waals surface area contributed by atoms with Crippen LogP contribution in [0.2, 0.25) is 0 Å². The summed E-state index contributed by atoms with van der Waals surface area (Å²) < 4.78 is 1.95. The lowest BCUT2D eigenvalue weighted by Crippen LogP contribution is -2.04. The Morgan fingerprint density at radius 2 is 2.39 bits per heavy atom. The summed E-state index contributed by atoms with van der Waals surface area (Å²) in [6.45, 7) is 2.82. The Labute approximate surface area is 112 Å². The highest BCUT2D eigenvalue weighted by atomic mass is 32.2. The largest absolute Gasteiger partial charge is 0.481 e. The first kappa shape index (κ1) is 13.0. The predicted molar refractivity (Wildman–Crippen MR) is 69.8 cm³/mol. The van der Waals surface area contributed by atoms with Gasteiger partial charge in [-0.25, -0.2) is 0 Å². The summed E-state index contributed by atoms with van der Waals surface area (Å²) in [5.41, 5.74) is 1.74. The topological polar surface area (TPSA) is 80.9 Å². The normalized spacial score (nSPS) is 10.7. The molecule has 0 saturated carbocycles. The summed E-state index contributed by atoms with van der Waals surface area (Å²) in [6, 6.07) is 0. The lowest BCUT2D eigenvalue weighted by molar-refractivity contribution is -0.133. The molecule has 2 rings (SSSR count). The molecule has 0 unspecified atom stereocenters. The van der Waals surface area contributed by atoms with Crippen molar-refractivity contribution in [2.75, 3.05) is 5.75 Å². The number of rotatable bonds is 6. The molecule has 0 aliphatic carbocycles. The van der Waals surface area contributed by atoms with Crippen LogP contribution in [-0.4, -0.2) is 36.6 Å². The average Bonchev–Trinajstić information content (AvgIpc) is 2.95. The Morgan fingerprint density at radius 3 is 3.00 bits per heavy atom. The first-order chi connectivity index (χ1) is 8.72. The number of thioether (sulfide) groups is 1. The molecule has 96 valence electrons. The third kappa shape index (κ3) is 2.88. The molecule has 0 saturated heterocycles. The van der Waals surface area contributed by atoms with Crippen LogP contribution in [0.3, 0.4) is 0 Å². The highest BCUT2D eigenvalue weighted by Gasteiger charge is 2.15. The minimum Gasteiger partial charge on any atom is -0.481 e. The summed E-state index contributed by atoms with van der Waals surface area (Å²) in [7, 11) is 0. The fraction of sp³-hybridized carbons (Fsp3) is 0.400. The second-order valence-corrected chi connectivity index (χ2v) is 5.33. The maximum atomic E-state index is 10.6. The highest BCUT2D eigenvalue weighted by molar-refractivity contribution is 7.99. The van der Waals surface area contributed by atoms with Crippen molar-refractivity contribution < 1.29 is 9.90 Å². The molecule has 2 aromatic heterocycles. The van der Waals surface area contributed by atoms with Crippen LogP contribution in [0.4, 0.5) is 0 Å². The Balaban J connectivity index is 2.28. The molecule has 1 N–H and O–H groups in total. The van der Waals surface area contributed by atoms with Crippen LogP contribution in [0, 0.1) is 0 Å². The minimum atomic E-state index is -0.856. The van der Waals surface area contributed by atoms with Crippen molar-refractivity contribution in [1.82, 2.24) is 19.7 Å². The molecule has 6 nitrogen and oxygen atoms in total. The van der Waals surface area contributed by atoms with Crippen molar-refractivity contribution in [3.05, 3.63) is 11.7 Å². The van der Waals surface area contributed by atoms with E-state index in [1.165, 1.54) is 23.1 Å². The molecule has 0 radical (unpaired) electrons. The number of carboxylic acid groups (broad SMARTS) is 1. The molecule has 8 heteroatoms. The summed E-state index contributed by atoms with van der Waals surface area (Å²) >= 11 is 2.68. The van der Waals surface area contributed by atoms with Gasteiger partial charge >= 0.3 is 5.97 Å². The molecule has 0 amide bonds. The van der Waals surface area contributed by atoms with Gasteiger partial charge in [-0.15, -0.1) is 21.5 Å². The van der Waals surface area contributed by atoms with Gasteiger partial charge in [0.15, 0.2) is 11.0 Å². The zero-order chi connectivity index (χ0) is 13.0. The number of aromatic nitrogens is 4. The van der Waals surface area contributed by atoms with Crippen LogP contribution in [0.15, 0.2) is 16.9 Å². The van der Waals surface area contributed by atoms with Crippen molar-refractivity contribution >= 4 is 29.1 Å². The lowest BCUT2D eigenvalue weighted by Gasteiger charge is -2.06. The van der Waals surface area contributed by atoms with Crippen LogP contribution in [-0.2, 0) is 11.3 Å². The van der Waals surface area contributed by atoms with Crippen LogP contribution in [0.5, 0.6) is 0 Å². The van der Waals surface area contributed by atoms with Crippen LogP contribution in [0.25, 0.3) is 10.7 Å². The Morgan fingerprint density at radius 1 is 1.56 bits per heavy atom. The molecular weight excluding hydrogens is 272 g/mol. The molecule has 2 heterocycles. The van der Waals surface area contributed by atoms with E-state index >= 15 is 0 Å². The van der Waals surface area contributed by atoms with Crippen molar-refractivity contribution in [3.8, 4) is 10.7 Å². The van der Waals surface area contributed by atoms with Crippen LogP contribution in [0.1, 0.15) is 13.3 Å². The zero-order valence-corrected chi connectivity index (χ0v) is 11.4. The molecule has 0 aliphatic rings. The second-order valence-electron chi connectivity index (χ2n) is 3.51. The molecule has 18 heavy (non-hydrogen) atoms. The van der Waals surface area contributed by atoms with E-state index in [-0.39, 0.29) is 5.75 Å². The number of hydrogen-bond acceptors (Lipinski definition) is 6. The third-order valence-corrected chi connectivity index (χ3v) is 3.86. The zero-order valence-electron chi connectivity index (χ0n) is 9.74. The maximum Gasteiger partial charge on any atom is 0.313 e. The van der Waals surface area contributed by atoms with E-state index in [0.717, 1.165) is 23.7 Å². The van der Waals surface area contributed by atoms with E-state index in [4.69, 9.17) is 5.11 Å². The number of carbonyl (C=O) groups is 1. The van der Waals surface area contributed by atoms with Gasteiger partial charge < -0.3 is 9.67 Å². The lowest BCUT2D eigenvalue weighted by atomic mass is 10.4. The molecular formula is C10H12N4O2S2. The van der Waals surface area contributed by atoms with Crippen molar-refractivity contribution in [2.45, 2.75) is 25.0 Å². The van der Waals surface area contributed by atoms with E-state index in [9.17, 15) is 4.79 Å². The quantitative estimate of drug-likeness (QED) is 0.817. The number of carboxylic acids is 1. The van der Waals surface area contributed by atoms with Gasteiger partial charge in [-0.05, 0) is 6.42 Å². The van der Waals surface area contributed by atoms with Gasteiger partial charge in [-0.2, -0.15) is 0 Å². The van der Waals surface area contributed by atoms with E-state index in [2.05, 4.69) is 22.1 Å². The summed E-state index contributed by atoms with van der Waals surface area (Å²) in [6.07, 6.45) is 2.68. The van der Waals surface area contributed by atoms with E-state index < -0.39 is 5.97 Å². The van der Waals surface area contributed by atoms with E-state index in [1.807, 2.05) is 4.57 Å². The van der Waals surface area contributed by atoms with Gasteiger partial charge in [-0.1, -0.05) is 18.7 Å². The molecule has 0 aromatic carbocycles. The average molecular weight is 284 g/mol. The van der Waals surface area contributed by atoms with Gasteiger partial charge in [0.2, 0.25) is 0 Å². The molecule has 0 spiro atoms. The smallest absolute Gasteiger partial charge is 0.313 e. The van der Waals surface area contributed by atoms with Gasteiger partial charge in [0.25, 0.3) is 0 Å². The molecule has 0 aliphatic heterocycles. The number of aliphatic carboxylic acids is 1. The van der Waals surface area contributed by atoms with Crippen molar-refractivity contribution in [3.63, 3.8) is 0 Å². The number of thiazole rings is 1. The van der Waals surface area contributed by atoms with Gasteiger partial charge in [-0.3, -0.25) is 9.78 Å². The van der Waals surface area contributed by atoms with Crippen molar-refractivity contribution in [2.24, 2.45) is 0 Å². The summed E-state index contributed by atoms with van der Waals surface area (Å²) in [4.78, 5) is 15.6. The Kier molecular flexibility index (Phi) is 4.32. The second kappa shape index (κ2) is 5.96. The first-order valence-corrected chi connectivity index (χ1v) is 7.25. The summed E-state index contributed by atoms with van der Waals surface area (Å²) in [5.74, 6) is -0.109. The fourth-order valence-electron chi connectivity index (χ4n) is 1.46. The van der Waals surface area contributed by atoms with Gasteiger partial charge in [0, 0.05) is 12.7 Å². The molecule has 0 fully saturated rings. The maximum absolute atomic E-state index is 10.6. The monoisotopic (exact) mass is 284 g/mol. The minimum absolute atomic E-state index is 0.00939. The summed E-state index contributed by atoms with van der Waals surface area (Å²) in [5, 5.41) is 17.5. The SMILES string of the molecule is CCCn1c(SCC(=O)O)nnc1-c1cncs1. The number of nitrogens with zero attached hydrogens (tertiary/aromatic N) is 4. The highest BCUT2D eigenvalue weighted by Crippen LogP contribution is 2.26. The molecule has 0 atom stereocenters. The molecule has 0 bridgehead atoms. The Bertz CT molecular complexity index is 524. The van der Waals surface area contributed by atoms with E-state index in [1.54, 1.807) is 11.7 Å². The third-order valence-electron chi connectivity index (χ3n) is 2.14. The fourth-order valence-corrected chi connectivity index (χ4v) is 2.75. The first-order valence-electron chi connectivity index (χ1n) is 5.39. The molecule has 2 aromatic rings.